The molecule has 2 atom stereocenters. The summed E-state index contributed by atoms with van der Waals surface area (Å²) < 4.78 is 0. The average molecular weight is 433 g/mol. The van der Waals surface area contributed by atoms with Gasteiger partial charge in [-0.25, -0.2) is 0 Å². The molecule has 0 aliphatic rings. The Bertz CT molecular complexity index is 420. The summed E-state index contributed by atoms with van der Waals surface area (Å²) >= 11 is 0. The molecule has 1 aromatic carbocycles. The third kappa shape index (κ3) is 9.15. The smallest absolute Gasteiger partial charge is 0.191 e. The lowest BCUT2D eigenvalue weighted by Crippen LogP contribution is -2.39. The van der Waals surface area contributed by atoms with Crippen LogP contribution in [0.4, 0.5) is 0 Å². The predicted molar refractivity (Wildman–Crippen MR) is 109 cm³/mol. The van der Waals surface area contributed by atoms with Crippen molar-refractivity contribution in [2.24, 2.45) is 10.9 Å². The fraction of sp³-hybridized carbons (Fsp3) is 0.611. The van der Waals surface area contributed by atoms with E-state index in [9.17, 15) is 0 Å². The van der Waals surface area contributed by atoms with Crippen molar-refractivity contribution >= 4 is 29.9 Å². The highest BCUT2D eigenvalue weighted by Crippen LogP contribution is 2.13. The van der Waals surface area contributed by atoms with E-state index in [-0.39, 0.29) is 36.6 Å². The summed E-state index contributed by atoms with van der Waals surface area (Å²) in [6, 6.07) is 10.6. The molecule has 2 unspecified atom stereocenters. The number of aliphatic hydroxyl groups excluding tert-OH is 1. The maximum Gasteiger partial charge on any atom is 0.191 e. The molecular weight excluding hydrogens is 401 g/mol. The van der Waals surface area contributed by atoms with Gasteiger partial charge in [-0.1, -0.05) is 43.7 Å². The van der Waals surface area contributed by atoms with Crippen molar-refractivity contribution < 1.29 is 5.11 Å². The van der Waals surface area contributed by atoms with Crippen molar-refractivity contribution in [2.75, 3.05) is 19.7 Å². The molecule has 0 aliphatic heterocycles. The zero-order valence-corrected chi connectivity index (χ0v) is 16.9. The highest BCUT2D eigenvalue weighted by molar-refractivity contribution is 14.0. The molecule has 0 aliphatic carbocycles. The molecular formula is C18H32IN3O. The number of hydrogen-bond acceptors (Lipinski definition) is 2. The number of halogens is 1. The fourth-order valence-corrected chi connectivity index (χ4v) is 2.49. The number of hydrogen-bond donors (Lipinski definition) is 3. The maximum atomic E-state index is 9.15. The first-order valence-electron chi connectivity index (χ1n) is 8.41. The molecule has 0 amide bonds. The Balaban J connectivity index is 0.00000484. The molecule has 3 N–H and O–H groups in total. The van der Waals surface area contributed by atoms with Crippen molar-refractivity contribution in [3.8, 4) is 0 Å². The molecule has 0 radical (unpaired) electrons. The number of rotatable bonds is 9. The molecule has 132 valence electrons. The molecule has 0 saturated carbocycles. The molecule has 23 heavy (non-hydrogen) atoms. The van der Waals surface area contributed by atoms with Crippen LogP contribution in [0.5, 0.6) is 0 Å². The Kier molecular flexibility index (Phi) is 13.1. The first-order chi connectivity index (χ1) is 10.7. The second kappa shape index (κ2) is 13.6. The van der Waals surface area contributed by atoms with Gasteiger partial charge in [0, 0.05) is 19.7 Å². The van der Waals surface area contributed by atoms with Crippen LogP contribution in [0.15, 0.2) is 35.3 Å². The van der Waals surface area contributed by atoms with Gasteiger partial charge in [-0.05, 0) is 38.2 Å². The Hall–Kier alpha value is -0.820. The van der Waals surface area contributed by atoms with E-state index in [1.54, 1.807) is 0 Å². The van der Waals surface area contributed by atoms with Crippen LogP contribution in [-0.2, 0) is 0 Å². The van der Waals surface area contributed by atoms with Crippen molar-refractivity contribution in [3.05, 3.63) is 35.9 Å². The predicted octanol–water partition coefficient (Wildman–Crippen LogP) is 3.72. The normalized spacial score (nSPS) is 13.8. The van der Waals surface area contributed by atoms with Crippen LogP contribution >= 0.6 is 24.0 Å². The van der Waals surface area contributed by atoms with E-state index in [0.717, 1.165) is 38.3 Å². The van der Waals surface area contributed by atoms with Crippen LogP contribution < -0.4 is 10.6 Å². The number of nitrogens with one attached hydrogen (secondary N) is 2. The topological polar surface area (TPSA) is 56.7 Å². The minimum absolute atomic E-state index is 0. The van der Waals surface area contributed by atoms with Crippen molar-refractivity contribution in [3.63, 3.8) is 0 Å². The lowest BCUT2D eigenvalue weighted by atomic mass is 10.0. The van der Waals surface area contributed by atoms with E-state index in [1.807, 2.05) is 6.07 Å². The SMILES string of the molecule is CCCC(CCO)CN=C(NCC)NC(C)c1ccccc1.I. The van der Waals surface area contributed by atoms with Crippen LogP contribution in [0.2, 0.25) is 0 Å². The van der Waals surface area contributed by atoms with E-state index in [1.165, 1.54) is 5.56 Å². The summed E-state index contributed by atoms with van der Waals surface area (Å²) in [5.74, 6) is 1.30. The Morgan fingerprint density at radius 1 is 1.17 bits per heavy atom. The quantitative estimate of drug-likeness (QED) is 0.316. The van der Waals surface area contributed by atoms with Gasteiger partial charge in [0.25, 0.3) is 0 Å². The van der Waals surface area contributed by atoms with Gasteiger partial charge < -0.3 is 15.7 Å². The number of guanidine groups is 1. The summed E-state index contributed by atoms with van der Waals surface area (Å²) in [4.78, 5) is 4.70. The molecule has 0 heterocycles. The van der Waals surface area contributed by atoms with Gasteiger partial charge in [0.15, 0.2) is 5.96 Å². The number of aliphatic hydroxyl groups is 1. The molecule has 4 nitrogen and oxygen atoms in total. The number of benzene rings is 1. The van der Waals surface area contributed by atoms with E-state index in [4.69, 9.17) is 10.1 Å². The third-order valence-corrected chi connectivity index (χ3v) is 3.74. The molecule has 0 aromatic heterocycles. The average Bonchev–Trinajstić information content (AvgIpc) is 2.53. The number of aliphatic imine (C=N–C) groups is 1. The van der Waals surface area contributed by atoms with Gasteiger partial charge >= 0.3 is 0 Å². The van der Waals surface area contributed by atoms with Crippen LogP contribution in [0.1, 0.15) is 51.6 Å². The maximum absolute atomic E-state index is 9.15. The van der Waals surface area contributed by atoms with Crippen molar-refractivity contribution in [2.45, 2.75) is 46.1 Å². The Labute approximate surface area is 158 Å². The second-order valence-corrected chi connectivity index (χ2v) is 5.66. The van der Waals surface area contributed by atoms with Crippen LogP contribution in [-0.4, -0.2) is 30.8 Å². The standard InChI is InChI=1S/C18H31N3O.HI/c1-4-9-16(12-13-22)14-20-18(19-5-2)21-15(3)17-10-7-6-8-11-17;/h6-8,10-11,15-16,22H,4-5,9,12-14H2,1-3H3,(H2,19,20,21);1H. The van der Waals surface area contributed by atoms with E-state index < -0.39 is 0 Å². The van der Waals surface area contributed by atoms with E-state index in [0.29, 0.717) is 5.92 Å². The summed E-state index contributed by atoms with van der Waals surface area (Å²) in [7, 11) is 0. The molecule has 1 aromatic rings. The molecule has 0 fully saturated rings. The lowest BCUT2D eigenvalue weighted by Gasteiger charge is -2.19. The molecule has 1 rings (SSSR count). The van der Waals surface area contributed by atoms with Crippen molar-refractivity contribution in [1.82, 2.24) is 10.6 Å². The number of nitrogens with zero attached hydrogens (tertiary/aromatic N) is 1. The monoisotopic (exact) mass is 433 g/mol. The summed E-state index contributed by atoms with van der Waals surface area (Å²) in [6.07, 6.45) is 3.06. The first kappa shape index (κ1) is 22.2. The minimum atomic E-state index is 0. The lowest BCUT2D eigenvalue weighted by molar-refractivity contribution is 0.253. The Morgan fingerprint density at radius 3 is 2.43 bits per heavy atom. The van der Waals surface area contributed by atoms with Gasteiger partial charge in [-0.3, -0.25) is 4.99 Å². The van der Waals surface area contributed by atoms with E-state index >= 15 is 0 Å². The van der Waals surface area contributed by atoms with Gasteiger partial charge in [0.1, 0.15) is 0 Å². The molecule has 0 bridgehead atoms. The highest BCUT2D eigenvalue weighted by atomic mass is 127. The molecule has 0 spiro atoms. The van der Waals surface area contributed by atoms with Gasteiger partial charge in [-0.2, -0.15) is 0 Å². The van der Waals surface area contributed by atoms with Crippen LogP contribution in [0.3, 0.4) is 0 Å². The van der Waals surface area contributed by atoms with Crippen LogP contribution in [0, 0.1) is 5.92 Å². The summed E-state index contributed by atoms with van der Waals surface area (Å²) in [5, 5.41) is 15.9. The fourth-order valence-electron chi connectivity index (χ4n) is 2.49. The molecule has 5 heteroatoms. The first-order valence-corrected chi connectivity index (χ1v) is 8.41. The van der Waals surface area contributed by atoms with Crippen LogP contribution in [0.25, 0.3) is 0 Å². The summed E-state index contributed by atoms with van der Waals surface area (Å²) in [5.41, 5.74) is 1.24. The molecule has 0 saturated heterocycles. The second-order valence-electron chi connectivity index (χ2n) is 5.66. The zero-order chi connectivity index (χ0) is 16.2. The zero-order valence-electron chi connectivity index (χ0n) is 14.6. The highest BCUT2D eigenvalue weighted by Gasteiger charge is 2.10. The largest absolute Gasteiger partial charge is 0.396 e. The van der Waals surface area contributed by atoms with Gasteiger partial charge in [0.2, 0.25) is 0 Å². The van der Waals surface area contributed by atoms with E-state index in [2.05, 4.69) is 55.7 Å². The minimum Gasteiger partial charge on any atom is -0.396 e. The Morgan fingerprint density at radius 2 is 1.87 bits per heavy atom. The third-order valence-electron chi connectivity index (χ3n) is 3.74. The summed E-state index contributed by atoms with van der Waals surface area (Å²) in [6.45, 7) is 8.22. The van der Waals surface area contributed by atoms with Gasteiger partial charge in [0.05, 0.1) is 6.04 Å². The van der Waals surface area contributed by atoms with Crippen molar-refractivity contribution in [1.29, 1.82) is 0 Å². The van der Waals surface area contributed by atoms with Gasteiger partial charge in [-0.15, -0.1) is 24.0 Å².